The Morgan fingerprint density at radius 1 is 1.38 bits per heavy atom. The van der Waals surface area contributed by atoms with Crippen LogP contribution in [0.4, 0.5) is 5.13 Å². The van der Waals surface area contributed by atoms with Crippen LogP contribution in [0.3, 0.4) is 0 Å². The molecule has 1 aromatic carbocycles. The van der Waals surface area contributed by atoms with Crippen molar-refractivity contribution in [1.29, 1.82) is 0 Å². The molecule has 1 atom stereocenters. The predicted molar refractivity (Wildman–Crippen MR) is 110 cm³/mol. The van der Waals surface area contributed by atoms with Gasteiger partial charge in [-0.1, -0.05) is 36.7 Å². The molecule has 0 saturated carbocycles. The number of fused-ring (bicyclic) bond motifs is 1. The van der Waals surface area contributed by atoms with Gasteiger partial charge in [-0.15, -0.1) is 22.7 Å². The molecule has 0 fully saturated rings. The number of nitrogens with one attached hydrogen (secondary N) is 1. The van der Waals surface area contributed by atoms with E-state index in [9.17, 15) is 4.79 Å². The van der Waals surface area contributed by atoms with Crippen molar-refractivity contribution in [3.63, 3.8) is 0 Å². The Balaban J connectivity index is 1.46. The Morgan fingerprint density at radius 2 is 2.23 bits per heavy atom. The Hall–Kier alpha value is -1.69. The zero-order valence-electron chi connectivity index (χ0n) is 14.4. The number of thiazole rings is 1. The highest BCUT2D eigenvalue weighted by Crippen LogP contribution is 2.33. The van der Waals surface area contributed by atoms with Crippen molar-refractivity contribution in [2.45, 2.75) is 32.6 Å². The number of hydrogen-bond donors (Lipinski definition) is 1. The van der Waals surface area contributed by atoms with Crippen molar-refractivity contribution in [2.24, 2.45) is 5.92 Å². The standard InChI is InChI=1S/C20H19ClN2OS2/c1-12-6-7-15-16(11-25-18(15)8-12)19(24)23-20-22-10-14(26-20)9-13-4-2-3-5-17(13)21/h2-5,10-12H,6-9H2,1H3,(H,22,23,24)/t12-/m0/s1. The number of carbonyl (C=O) groups excluding carboxylic acids is 1. The second-order valence-corrected chi connectivity index (χ2v) is 9.24. The number of benzene rings is 1. The van der Waals surface area contributed by atoms with Crippen LogP contribution in [0.2, 0.25) is 5.02 Å². The minimum atomic E-state index is -0.0457. The summed E-state index contributed by atoms with van der Waals surface area (Å²) in [7, 11) is 0. The Labute approximate surface area is 166 Å². The third-order valence-electron chi connectivity index (χ3n) is 4.74. The summed E-state index contributed by atoms with van der Waals surface area (Å²) in [5, 5.41) is 6.36. The lowest BCUT2D eigenvalue weighted by molar-refractivity contribution is 0.102. The minimum absolute atomic E-state index is 0.0457. The number of carbonyl (C=O) groups is 1. The molecule has 1 aliphatic rings. The van der Waals surface area contributed by atoms with Crippen LogP contribution >= 0.6 is 34.3 Å². The Morgan fingerprint density at radius 3 is 3.08 bits per heavy atom. The maximum atomic E-state index is 12.7. The van der Waals surface area contributed by atoms with Gasteiger partial charge < -0.3 is 0 Å². The van der Waals surface area contributed by atoms with Crippen molar-refractivity contribution in [3.8, 4) is 0 Å². The zero-order chi connectivity index (χ0) is 18.1. The van der Waals surface area contributed by atoms with Crippen molar-refractivity contribution in [1.82, 2.24) is 4.98 Å². The van der Waals surface area contributed by atoms with E-state index in [4.69, 9.17) is 11.6 Å². The molecule has 0 spiro atoms. The molecule has 2 aromatic heterocycles. The fourth-order valence-electron chi connectivity index (χ4n) is 3.31. The second kappa shape index (κ2) is 7.51. The van der Waals surface area contributed by atoms with Gasteiger partial charge in [0.25, 0.3) is 5.91 Å². The number of hydrogen-bond acceptors (Lipinski definition) is 4. The van der Waals surface area contributed by atoms with E-state index in [0.29, 0.717) is 11.0 Å². The van der Waals surface area contributed by atoms with E-state index in [0.717, 1.165) is 46.7 Å². The summed E-state index contributed by atoms with van der Waals surface area (Å²) in [5.74, 6) is 0.666. The fraction of sp³-hybridized carbons (Fsp3) is 0.300. The predicted octanol–water partition coefficient (Wildman–Crippen LogP) is 5.83. The molecule has 1 N–H and O–H groups in total. The van der Waals surface area contributed by atoms with Gasteiger partial charge in [0, 0.05) is 32.8 Å². The first kappa shape index (κ1) is 17.7. The molecule has 0 radical (unpaired) electrons. The number of thiophene rings is 1. The van der Waals surface area contributed by atoms with Crippen LogP contribution in [-0.4, -0.2) is 10.9 Å². The van der Waals surface area contributed by atoms with Crippen molar-refractivity contribution in [2.75, 3.05) is 5.32 Å². The smallest absolute Gasteiger partial charge is 0.258 e. The number of halogens is 1. The summed E-state index contributed by atoms with van der Waals surface area (Å²) in [6, 6.07) is 7.80. The van der Waals surface area contributed by atoms with Gasteiger partial charge >= 0.3 is 0 Å². The van der Waals surface area contributed by atoms with E-state index in [1.165, 1.54) is 21.8 Å². The van der Waals surface area contributed by atoms with Gasteiger partial charge in [-0.3, -0.25) is 10.1 Å². The van der Waals surface area contributed by atoms with Crippen LogP contribution in [0.1, 0.15) is 44.6 Å². The van der Waals surface area contributed by atoms with Gasteiger partial charge in [0.15, 0.2) is 5.13 Å². The monoisotopic (exact) mass is 402 g/mol. The fourth-order valence-corrected chi connectivity index (χ4v) is 5.59. The molecule has 3 aromatic rings. The quantitative estimate of drug-likeness (QED) is 0.596. The minimum Gasteiger partial charge on any atom is -0.298 e. The average Bonchev–Trinajstić information content (AvgIpc) is 3.23. The number of nitrogens with zero attached hydrogens (tertiary/aromatic N) is 1. The van der Waals surface area contributed by atoms with E-state index in [1.54, 1.807) is 11.3 Å². The number of anilines is 1. The normalized spacial score (nSPS) is 16.3. The zero-order valence-corrected chi connectivity index (χ0v) is 16.8. The molecule has 3 nitrogen and oxygen atoms in total. The van der Waals surface area contributed by atoms with E-state index >= 15 is 0 Å². The maximum absolute atomic E-state index is 12.7. The molecule has 6 heteroatoms. The molecule has 2 heterocycles. The van der Waals surface area contributed by atoms with Gasteiger partial charge in [-0.25, -0.2) is 4.98 Å². The Kier molecular flexibility index (Phi) is 5.11. The lowest BCUT2D eigenvalue weighted by Gasteiger charge is -2.18. The molecule has 0 bridgehead atoms. The van der Waals surface area contributed by atoms with Crippen LogP contribution in [0, 0.1) is 5.92 Å². The van der Waals surface area contributed by atoms with Gasteiger partial charge in [-0.2, -0.15) is 0 Å². The van der Waals surface area contributed by atoms with E-state index in [2.05, 4.69) is 17.2 Å². The molecule has 0 unspecified atom stereocenters. The average molecular weight is 403 g/mol. The summed E-state index contributed by atoms with van der Waals surface area (Å²) in [5.41, 5.74) is 3.12. The van der Waals surface area contributed by atoms with Crippen molar-refractivity contribution >= 4 is 45.3 Å². The second-order valence-electron chi connectivity index (χ2n) is 6.75. The number of rotatable bonds is 4. The van der Waals surface area contributed by atoms with Crippen molar-refractivity contribution in [3.05, 3.63) is 67.3 Å². The first-order valence-corrected chi connectivity index (χ1v) is 10.8. The summed E-state index contributed by atoms with van der Waals surface area (Å²) < 4.78 is 0. The molecule has 1 amide bonds. The highest BCUT2D eigenvalue weighted by molar-refractivity contribution is 7.15. The first-order chi connectivity index (χ1) is 12.6. The van der Waals surface area contributed by atoms with Crippen LogP contribution in [-0.2, 0) is 19.3 Å². The van der Waals surface area contributed by atoms with E-state index in [1.807, 2.05) is 35.8 Å². The van der Waals surface area contributed by atoms with Crippen LogP contribution in [0.25, 0.3) is 0 Å². The van der Waals surface area contributed by atoms with E-state index in [-0.39, 0.29) is 5.91 Å². The topological polar surface area (TPSA) is 42.0 Å². The first-order valence-electron chi connectivity index (χ1n) is 8.69. The number of aromatic nitrogens is 1. The van der Waals surface area contributed by atoms with Crippen LogP contribution in [0.5, 0.6) is 0 Å². The van der Waals surface area contributed by atoms with Gasteiger partial charge in [0.05, 0.1) is 5.56 Å². The molecular formula is C20H19ClN2OS2. The van der Waals surface area contributed by atoms with Crippen molar-refractivity contribution < 1.29 is 4.79 Å². The molecule has 26 heavy (non-hydrogen) atoms. The summed E-state index contributed by atoms with van der Waals surface area (Å²) >= 11 is 9.44. The molecule has 134 valence electrons. The molecular weight excluding hydrogens is 384 g/mol. The summed E-state index contributed by atoms with van der Waals surface area (Å²) in [6.07, 6.45) is 5.78. The van der Waals surface area contributed by atoms with Gasteiger partial charge in [0.2, 0.25) is 0 Å². The lowest BCUT2D eigenvalue weighted by Crippen LogP contribution is -2.16. The third-order valence-corrected chi connectivity index (χ3v) is 7.08. The maximum Gasteiger partial charge on any atom is 0.258 e. The van der Waals surface area contributed by atoms with Crippen LogP contribution < -0.4 is 5.32 Å². The Bertz CT molecular complexity index is 947. The number of amides is 1. The van der Waals surface area contributed by atoms with Gasteiger partial charge in [-0.05, 0) is 42.4 Å². The van der Waals surface area contributed by atoms with Gasteiger partial charge in [0.1, 0.15) is 0 Å². The summed E-state index contributed by atoms with van der Waals surface area (Å²) in [6.45, 7) is 2.28. The third kappa shape index (κ3) is 3.70. The highest BCUT2D eigenvalue weighted by atomic mass is 35.5. The van der Waals surface area contributed by atoms with E-state index < -0.39 is 0 Å². The molecule has 0 saturated heterocycles. The SMILES string of the molecule is C[C@H]1CCc2c(C(=O)Nc3ncc(Cc4ccccc4Cl)s3)csc2C1. The molecule has 0 aliphatic heterocycles. The summed E-state index contributed by atoms with van der Waals surface area (Å²) in [4.78, 5) is 19.5. The largest absolute Gasteiger partial charge is 0.298 e. The van der Waals surface area contributed by atoms with Crippen LogP contribution in [0.15, 0.2) is 35.8 Å². The molecule has 4 rings (SSSR count). The molecule has 1 aliphatic carbocycles. The lowest BCUT2D eigenvalue weighted by atomic mass is 9.88. The highest BCUT2D eigenvalue weighted by Gasteiger charge is 2.23.